The van der Waals surface area contributed by atoms with Gasteiger partial charge in [-0.05, 0) is 44.4 Å². The molecule has 5 rings (SSSR count). The predicted octanol–water partition coefficient (Wildman–Crippen LogP) is 2.74. The molecule has 0 saturated carbocycles. The van der Waals surface area contributed by atoms with Gasteiger partial charge in [-0.3, -0.25) is 9.69 Å². The van der Waals surface area contributed by atoms with Crippen molar-refractivity contribution < 1.29 is 13.9 Å². The van der Waals surface area contributed by atoms with Crippen LogP contribution in [0.5, 0.6) is 5.75 Å². The van der Waals surface area contributed by atoms with Gasteiger partial charge in [-0.25, -0.2) is 14.1 Å². The van der Waals surface area contributed by atoms with Gasteiger partial charge in [-0.15, -0.1) is 0 Å². The molecule has 2 aliphatic heterocycles. The van der Waals surface area contributed by atoms with Crippen LogP contribution in [-0.2, 0) is 4.74 Å². The summed E-state index contributed by atoms with van der Waals surface area (Å²) in [4.78, 5) is 22.5. The number of likely N-dealkylation sites (tertiary alicyclic amines) is 1. The summed E-state index contributed by atoms with van der Waals surface area (Å²) in [7, 11) is 0. The molecule has 1 unspecified atom stereocenters. The molecule has 2 aliphatic rings. The first kappa shape index (κ1) is 20.1. The van der Waals surface area contributed by atoms with Gasteiger partial charge in [0.1, 0.15) is 17.3 Å². The Kier molecular flexibility index (Phi) is 5.23. The van der Waals surface area contributed by atoms with Crippen molar-refractivity contribution in [3.63, 3.8) is 0 Å². The molecule has 2 aromatic heterocycles. The van der Waals surface area contributed by atoms with Crippen LogP contribution in [0, 0.1) is 12.7 Å². The minimum atomic E-state index is -0.352. The highest BCUT2D eigenvalue weighted by Crippen LogP contribution is 2.29. The summed E-state index contributed by atoms with van der Waals surface area (Å²) in [5.41, 5.74) is 1.39. The molecule has 3 aromatic rings. The SMILES string of the molecule is Cc1ccc(F)c(OC2CN(C(C)c3nc4c(cnn4C4CCOCC4)c(=O)[nH]3)C2)c1. The summed E-state index contributed by atoms with van der Waals surface area (Å²) in [6.07, 6.45) is 3.21. The van der Waals surface area contributed by atoms with Gasteiger partial charge in [-0.2, -0.15) is 5.10 Å². The van der Waals surface area contributed by atoms with E-state index in [1.165, 1.54) is 6.07 Å². The minimum absolute atomic E-state index is 0.0954. The Morgan fingerprint density at radius 2 is 2.06 bits per heavy atom. The number of hydrogen-bond acceptors (Lipinski definition) is 6. The van der Waals surface area contributed by atoms with E-state index in [1.54, 1.807) is 18.3 Å². The molecule has 0 amide bonds. The number of nitrogens with zero attached hydrogens (tertiary/aromatic N) is 4. The molecule has 164 valence electrons. The van der Waals surface area contributed by atoms with Crippen molar-refractivity contribution in [2.24, 2.45) is 0 Å². The standard InChI is InChI=1S/C22H26FN5O3/c1-13-3-4-18(23)19(9-13)31-16-11-27(12-16)14(2)20-25-21-17(22(29)26-20)10-24-28(21)15-5-7-30-8-6-15/h3-4,9-10,14-16H,5-8,11-12H2,1-2H3,(H,25,26,29). The highest BCUT2D eigenvalue weighted by atomic mass is 19.1. The molecule has 1 atom stereocenters. The third kappa shape index (κ3) is 3.83. The Labute approximate surface area is 179 Å². The lowest BCUT2D eigenvalue weighted by molar-refractivity contribution is -0.00921. The van der Waals surface area contributed by atoms with Crippen molar-refractivity contribution >= 4 is 11.0 Å². The minimum Gasteiger partial charge on any atom is -0.485 e. The number of aromatic amines is 1. The van der Waals surface area contributed by atoms with E-state index in [-0.39, 0.29) is 35.3 Å². The van der Waals surface area contributed by atoms with Crippen molar-refractivity contribution in [1.29, 1.82) is 0 Å². The van der Waals surface area contributed by atoms with Gasteiger partial charge in [0, 0.05) is 26.3 Å². The van der Waals surface area contributed by atoms with Gasteiger partial charge in [0.05, 0.1) is 18.3 Å². The zero-order valence-electron chi connectivity index (χ0n) is 17.7. The third-order valence-electron chi connectivity index (χ3n) is 6.22. The lowest BCUT2D eigenvalue weighted by atomic mass is 10.1. The Balaban J connectivity index is 1.31. The third-order valence-corrected chi connectivity index (χ3v) is 6.22. The van der Waals surface area contributed by atoms with E-state index in [4.69, 9.17) is 14.5 Å². The molecular weight excluding hydrogens is 401 g/mol. The van der Waals surface area contributed by atoms with E-state index in [2.05, 4.69) is 15.0 Å². The van der Waals surface area contributed by atoms with E-state index in [0.717, 1.165) is 18.4 Å². The molecule has 2 fully saturated rings. The molecule has 0 radical (unpaired) electrons. The lowest BCUT2D eigenvalue weighted by Crippen LogP contribution is -2.54. The maximum absolute atomic E-state index is 14.0. The first-order valence-corrected chi connectivity index (χ1v) is 10.7. The molecule has 0 bridgehead atoms. The average Bonchev–Trinajstić information content (AvgIpc) is 3.17. The van der Waals surface area contributed by atoms with Crippen LogP contribution in [0.3, 0.4) is 0 Å². The second-order valence-electron chi connectivity index (χ2n) is 8.42. The molecular formula is C22H26FN5O3. The number of H-pyrrole nitrogens is 1. The summed E-state index contributed by atoms with van der Waals surface area (Å²) in [5.74, 6) is 0.534. The number of hydrogen-bond donors (Lipinski definition) is 1. The fourth-order valence-electron chi connectivity index (χ4n) is 4.26. The summed E-state index contributed by atoms with van der Waals surface area (Å²) in [6.45, 7) is 6.56. The topological polar surface area (TPSA) is 85.3 Å². The Hall–Kier alpha value is -2.78. The van der Waals surface area contributed by atoms with Crippen LogP contribution in [0.15, 0.2) is 29.2 Å². The number of aromatic nitrogens is 4. The van der Waals surface area contributed by atoms with Crippen molar-refractivity contribution in [2.45, 2.75) is 44.9 Å². The highest BCUT2D eigenvalue weighted by Gasteiger charge is 2.34. The fraction of sp³-hybridized carbons (Fsp3) is 0.500. The van der Waals surface area contributed by atoms with Crippen LogP contribution in [0.4, 0.5) is 4.39 Å². The monoisotopic (exact) mass is 427 g/mol. The number of rotatable bonds is 5. The van der Waals surface area contributed by atoms with Crippen molar-refractivity contribution in [2.75, 3.05) is 26.3 Å². The molecule has 8 nitrogen and oxygen atoms in total. The Morgan fingerprint density at radius 3 is 2.84 bits per heavy atom. The van der Waals surface area contributed by atoms with Gasteiger partial charge in [-0.1, -0.05) is 6.07 Å². The summed E-state index contributed by atoms with van der Waals surface area (Å²) in [5, 5.41) is 4.94. The fourth-order valence-corrected chi connectivity index (χ4v) is 4.26. The van der Waals surface area contributed by atoms with Crippen LogP contribution >= 0.6 is 0 Å². The highest BCUT2D eigenvalue weighted by molar-refractivity contribution is 5.73. The van der Waals surface area contributed by atoms with E-state index in [9.17, 15) is 9.18 Å². The quantitative estimate of drug-likeness (QED) is 0.674. The Bertz CT molecular complexity index is 1150. The zero-order chi connectivity index (χ0) is 21.5. The van der Waals surface area contributed by atoms with Gasteiger partial charge >= 0.3 is 0 Å². The van der Waals surface area contributed by atoms with Crippen molar-refractivity contribution in [3.8, 4) is 5.75 Å². The number of halogens is 1. The van der Waals surface area contributed by atoms with E-state index < -0.39 is 0 Å². The molecule has 4 heterocycles. The first-order valence-electron chi connectivity index (χ1n) is 10.7. The van der Waals surface area contributed by atoms with Crippen LogP contribution in [0.25, 0.3) is 11.0 Å². The number of fused-ring (bicyclic) bond motifs is 1. The summed E-state index contributed by atoms with van der Waals surface area (Å²) in [6, 6.07) is 4.95. The normalized spacial score (nSPS) is 19.5. The summed E-state index contributed by atoms with van der Waals surface area (Å²) >= 11 is 0. The number of nitrogens with one attached hydrogen (secondary N) is 1. The molecule has 1 aromatic carbocycles. The molecule has 0 spiro atoms. The van der Waals surface area contributed by atoms with Crippen LogP contribution < -0.4 is 10.3 Å². The lowest BCUT2D eigenvalue weighted by Gasteiger charge is -2.42. The average molecular weight is 427 g/mol. The smallest absolute Gasteiger partial charge is 0.262 e. The maximum Gasteiger partial charge on any atom is 0.262 e. The van der Waals surface area contributed by atoms with Crippen molar-refractivity contribution in [3.05, 3.63) is 52.0 Å². The van der Waals surface area contributed by atoms with Gasteiger partial charge < -0.3 is 14.5 Å². The number of ether oxygens (including phenoxy) is 2. The molecule has 31 heavy (non-hydrogen) atoms. The summed E-state index contributed by atoms with van der Waals surface area (Å²) < 4.78 is 27.1. The van der Waals surface area contributed by atoms with E-state index >= 15 is 0 Å². The van der Waals surface area contributed by atoms with Crippen LogP contribution in [0.1, 0.15) is 43.2 Å². The van der Waals surface area contributed by atoms with Crippen LogP contribution in [-0.4, -0.2) is 57.1 Å². The van der Waals surface area contributed by atoms with Gasteiger partial charge in [0.25, 0.3) is 5.56 Å². The van der Waals surface area contributed by atoms with Crippen LogP contribution in [0.2, 0.25) is 0 Å². The molecule has 1 N–H and O–H groups in total. The zero-order valence-corrected chi connectivity index (χ0v) is 17.7. The number of aryl methyl sites for hydroxylation is 1. The second kappa shape index (κ2) is 8.05. The van der Waals surface area contributed by atoms with Gasteiger partial charge in [0.2, 0.25) is 0 Å². The largest absolute Gasteiger partial charge is 0.485 e. The predicted molar refractivity (Wildman–Crippen MR) is 113 cm³/mol. The van der Waals surface area contributed by atoms with E-state index in [0.29, 0.717) is 43.2 Å². The first-order chi connectivity index (χ1) is 15.0. The molecule has 0 aliphatic carbocycles. The molecule has 2 saturated heterocycles. The molecule has 9 heteroatoms. The number of benzene rings is 1. The van der Waals surface area contributed by atoms with Gasteiger partial charge in [0.15, 0.2) is 17.2 Å². The van der Waals surface area contributed by atoms with E-state index in [1.807, 2.05) is 18.5 Å². The Morgan fingerprint density at radius 1 is 1.29 bits per heavy atom. The maximum atomic E-state index is 14.0. The second-order valence-corrected chi connectivity index (χ2v) is 8.42. The van der Waals surface area contributed by atoms with Crippen molar-refractivity contribution in [1.82, 2.24) is 24.6 Å².